The largest absolute Gasteiger partial charge is 0.484 e. The summed E-state index contributed by atoms with van der Waals surface area (Å²) in [6.45, 7) is 1.92. The summed E-state index contributed by atoms with van der Waals surface area (Å²) >= 11 is 0. The van der Waals surface area contributed by atoms with Gasteiger partial charge in [0.2, 0.25) is 5.67 Å². The van der Waals surface area contributed by atoms with Crippen LogP contribution in [0.15, 0.2) is 34.9 Å². The van der Waals surface area contributed by atoms with Crippen LogP contribution in [0, 0.1) is 6.92 Å². The topological polar surface area (TPSA) is 68.5 Å². The summed E-state index contributed by atoms with van der Waals surface area (Å²) in [6.07, 6.45) is 0.799. The van der Waals surface area contributed by atoms with E-state index >= 15 is 4.39 Å². The number of piperidine rings is 1. The van der Waals surface area contributed by atoms with Crippen LogP contribution < -0.4 is 4.74 Å². The SMILES string of the molecule is Cc1noc(C2(F)CCCN(C(=O)COc3ccccc3)C2)n1. The standard InChI is InChI=1S/C16H18FN3O3/c1-12-18-15(23-19-12)16(17)8-5-9-20(11-16)14(21)10-22-13-6-3-2-4-7-13/h2-4,6-7H,5,8-11H2,1H3. The number of carbonyl (C=O) groups excluding carboxylic acids is 1. The molecule has 0 aliphatic carbocycles. The zero-order chi connectivity index (χ0) is 16.3. The maximum Gasteiger partial charge on any atom is 0.266 e. The first-order chi connectivity index (χ1) is 11.1. The molecular weight excluding hydrogens is 301 g/mol. The number of nitrogens with zero attached hydrogens (tertiary/aromatic N) is 3. The molecule has 1 fully saturated rings. The van der Waals surface area contributed by atoms with Gasteiger partial charge in [0, 0.05) is 6.54 Å². The van der Waals surface area contributed by atoms with E-state index < -0.39 is 5.67 Å². The zero-order valence-electron chi connectivity index (χ0n) is 12.9. The summed E-state index contributed by atoms with van der Waals surface area (Å²) < 4.78 is 25.5. The van der Waals surface area contributed by atoms with Crippen LogP contribution in [0.5, 0.6) is 5.75 Å². The number of benzene rings is 1. The Bertz CT molecular complexity index is 676. The smallest absolute Gasteiger partial charge is 0.266 e. The summed E-state index contributed by atoms with van der Waals surface area (Å²) in [6, 6.07) is 9.05. The van der Waals surface area contributed by atoms with E-state index in [1.807, 2.05) is 18.2 Å². The normalized spacial score (nSPS) is 21.2. The summed E-state index contributed by atoms with van der Waals surface area (Å²) in [5, 5.41) is 3.63. The number of likely N-dealkylation sites (tertiary alicyclic amines) is 1. The molecule has 2 heterocycles. The molecule has 0 radical (unpaired) electrons. The number of amides is 1. The molecule has 122 valence electrons. The second-order valence-corrected chi connectivity index (χ2v) is 5.63. The molecule has 0 N–H and O–H groups in total. The zero-order valence-corrected chi connectivity index (χ0v) is 12.9. The monoisotopic (exact) mass is 319 g/mol. The lowest BCUT2D eigenvalue weighted by Gasteiger charge is -2.35. The minimum Gasteiger partial charge on any atom is -0.484 e. The Balaban J connectivity index is 1.62. The molecule has 1 atom stereocenters. The number of hydrogen-bond acceptors (Lipinski definition) is 5. The van der Waals surface area contributed by atoms with Crippen molar-refractivity contribution >= 4 is 5.91 Å². The van der Waals surface area contributed by atoms with Gasteiger partial charge in [0.1, 0.15) is 5.75 Å². The van der Waals surface area contributed by atoms with Crippen molar-refractivity contribution in [1.82, 2.24) is 15.0 Å². The lowest BCUT2D eigenvalue weighted by Crippen LogP contribution is -2.48. The first-order valence-corrected chi connectivity index (χ1v) is 7.52. The highest BCUT2D eigenvalue weighted by Gasteiger charge is 2.43. The highest BCUT2D eigenvalue weighted by Crippen LogP contribution is 2.34. The molecule has 7 heteroatoms. The van der Waals surface area contributed by atoms with Gasteiger partial charge in [0.05, 0.1) is 6.54 Å². The lowest BCUT2D eigenvalue weighted by atomic mass is 9.94. The molecule has 1 aromatic carbocycles. The molecule has 0 spiro atoms. The van der Waals surface area contributed by atoms with Gasteiger partial charge in [-0.1, -0.05) is 23.4 Å². The Morgan fingerprint density at radius 3 is 2.91 bits per heavy atom. The number of rotatable bonds is 4. The maximum absolute atomic E-state index is 15.1. The van der Waals surface area contributed by atoms with E-state index in [-0.39, 0.29) is 31.4 Å². The van der Waals surface area contributed by atoms with Gasteiger partial charge in [-0.3, -0.25) is 4.79 Å². The molecule has 1 aliphatic rings. The van der Waals surface area contributed by atoms with E-state index in [0.29, 0.717) is 24.5 Å². The Kier molecular flexibility index (Phi) is 4.27. The average Bonchev–Trinajstić information content (AvgIpc) is 3.01. The third kappa shape index (κ3) is 3.49. The van der Waals surface area contributed by atoms with Crippen LogP contribution in [-0.4, -0.2) is 40.6 Å². The summed E-state index contributed by atoms with van der Waals surface area (Å²) in [5.74, 6) is 0.674. The molecule has 1 aromatic heterocycles. The molecule has 1 amide bonds. The van der Waals surface area contributed by atoms with Gasteiger partial charge in [0.15, 0.2) is 12.4 Å². The lowest BCUT2D eigenvalue weighted by molar-refractivity contribution is -0.138. The van der Waals surface area contributed by atoms with Crippen molar-refractivity contribution in [1.29, 1.82) is 0 Å². The maximum atomic E-state index is 15.1. The van der Waals surface area contributed by atoms with E-state index in [4.69, 9.17) is 9.26 Å². The van der Waals surface area contributed by atoms with Crippen molar-refractivity contribution in [2.24, 2.45) is 0 Å². The molecule has 1 saturated heterocycles. The van der Waals surface area contributed by atoms with Crippen molar-refractivity contribution in [3.63, 3.8) is 0 Å². The van der Waals surface area contributed by atoms with Gasteiger partial charge in [-0.15, -0.1) is 0 Å². The highest BCUT2D eigenvalue weighted by molar-refractivity contribution is 5.78. The number of alkyl halides is 1. The van der Waals surface area contributed by atoms with Crippen LogP contribution in [0.2, 0.25) is 0 Å². The second kappa shape index (κ2) is 6.36. The van der Waals surface area contributed by atoms with Crippen LogP contribution in [0.3, 0.4) is 0 Å². The van der Waals surface area contributed by atoms with Crippen molar-refractivity contribution in [3.05, 3.63) is 42.0 Å². The number of halogens is 1. The van der Waals surface area contributed by atoms with Gasteiger partial charge < -0.3 is 14.2 Å². The van der Waals surface area contributed by atoms with Crippen molar-refractivity contribution < 1.29 is 18.4 Å². The second-order valence-electron chi connectivity index (χ2n) is 5.63. The molecule has 0 bridgehead atoms. The predicted molar refractivity (Wildman–Crippen MR) is 79.6 cm³/mol. The fraction of sp³-hybridized carbons (Fsp3) is 0.438. The van der Waals surface area contributed by atoms with Gasteiger partial charge in [-0.2, -0.15) is 4.98 Å². The Morgan fingerprint density at radius 2 is 2.22 bits per heavy atom. The first kappa shape index (κ1) is 15.5. The number of hydrogen-bond donors (Lipinski definition) is 0. The number of aromatic nitrogens is 2. The van der Waals surface area contributed by atoms with E-state index in [1.165, 1.54) is 4.90 Å². The van der Waals surface area contributed by atoms with Gasteiger partial charge in [-0.25, -0.2) is 4.39 Å². The summed E-state index contributed by atoms with van der Waals surface area (Å²) in [7, 11) is 0. The van der Waals surface area contributed by atoms with E-state index in [1.54, 1.807) is 19.1 Å². The number of carbonyl (C=O) groups is 1. The quantitative estimate of drug-likeness (QED) is 0.864. The first-order valence-electron chi connectivity index (χ1n) is 7.52. The summed E-state index contributed by atoms with van der Waals surface area (Å²) in [5.41, 5.74) is -1.79. The Hall–Kier alpha value is -2.44. The molecule has 6 nitrogen and oxygen atoms in total. The van der Waals surface area contributed by atoms with Crippen LogP contribution in [0.25, 0.3) is 0 Å². The third-order valence-electron chi connectivity index (χ3n) is 3.81. The van der Waals surface area contributed by atoms with Gasteiger partial charge in [0.25, 0.3) is 11.8 Å². The van der Waals surface area contributed by atoms with Crippen molar-refractivity contribution in [2.75, 3.05) is 19.7 Å². The molecular formula is C16H18FN3O3. The average molecular weight is 319 g/mol. The molecule has 23 heavy (non-hydrogen) atoms. The Morgan fingerprint density at radius 1 is 1.43 bits per heavy atom. The molecule has 2 aromatic rings. The fourth-order valence-electron chi connectivity index (χ4n) is 2.63. The minimum absolute atomic E-state index is 0.0588. The highest BCUT2D eigenvalue weighted by atomic mass is 19.1. The van der Waals surface area contributed by atoms with Crippen molar-refractivity contribution in [3.8, 4) is 5.75 Å². The molecule has 0 saturated carbocycles. The van der Waals surface area contributed by atoms with E-state index in [2.05, 4.69) is 10.1 Å². The third-order valence-corrected chi connectivity index (χ3v) is 3.81. The number of ether oxygens (including phenoxy) is 1. The number of para-hydroxylation sites is 1. The summed E-state index contributed by atoms with van der Waals surface area (Å²) in [4.78, 5) is 17.7. The fourth-order valence-corrected chi connectivity index (χ4v) is 2.63. The van der Waals surface area contributed by atoms with Crippen LogP contribution >= 0.6 is 0 Å². The minimum atomic E-state index is -1.79. The molecule has 1 unspecified atom stereocenters. The van der Waals surface area contributed by atoms with E-state index in [9.17, 15) is 4.79 Å². The predicted octanol–water partition coefficient (Wildman–Crippen LogP) is 2.24. The van der Waals surface area contributed by atoms with Gasteiger partial charge >= 0.3 is 0 Å². The number of aryl methyl sites for hydroxylation is 1. The van der Waals surface area contributed by atoms with Gasteiger partial charge in [-0.05, 0) is 31.9 Å². The van der Waals surface area contributed by atoms with E-state index in [0.717, 1.165) is 0 Å². The van der Waals surface area contributed by atoms with Crippen LogP contribution in [-0.2, 0) is 10.5 Å². The van der Waals surface area contributed by atoms with Crippen LogP contribution in [0.4, 0.5) is 4.39 Å². The van der Waals surface area contributed by atoms with Crippen LogP contribution in [0.1, 0.15) is 24.6 Å². The van der Waals surface area contributed by atoms with Crippen molar-refractivity contribution in [2.45, 2.75) is 25.4 Å². The molecule has 1 aliphatic heterocycles. The Labute approximate surface area is 133 Å². The molecule has 3 rings (SSSR count).